The van der Waals surface area contributed by atoms with Crippen LogP contribution in [0.25, 0.3) is 0 Å². The number of urea groups is 1. The van der Waals surface area contributed by atoms with E-state index in [9.17, 15) is 14.4 Å². The van der Waals surface area contributed by atoms with E-state index in [0.29, 0.717) is 5.56 Å². The third-order valence-corrected chi connectivity index (χ3v) is 3.31. The molecule has 4 N–H and O–H groups in total. The van der Waals surface area contributed by atoms with Crippen LogP contribution < -0.4 is 10.6 Å². The molecule has 1 unspecified atom stereocenters. The lowest BCUT2D eigenvalue weighted by Crippen LogP contribution is -2.44. The van der Waals surface area contributed by atoms with Crippen LogP contribution in [0, 0.1) is 6.92 Å². The molecule has 0 radical (unpaired) electrons. The van der Waals surface area contributed by atoms with Crippen molar-refractivity contribution in [2.75, 3.05) is 5.32 Å². The average Bonchev–Trinajstić information content (AvgIpc) is 2.38. The summed E-state index contributed by atoms with van der Waals surface area (Å²) in [5, 5.41) is 22.1. The summed E-state index contributed by atoms with van der Waals surface area (Å²) in [6.45, 7) is 1.70. The fourth-order valence-corrected chi connectivity index (χ4v) is 1.92. The molecule has 1 atom stereocenters. The summed E-state index contributed by atoms with van der Waals surface area (Å²) in [4.78, 5) is 33.1. The maximum absolute atomic E-state index is 11.7. The Balaban J connectivity index is 2.84. The lowest BCUT2D eigenvalue weighted by Gasteiger charge is -2.15. The Labute approximate surface area is 129 Å². The van der Waals surface area contributed by atoms with E-state index >= 15 is 0 Å². The van der Waals surface area contributed by atoms with E-state index in [1.807, 2.05) is 5.32 Å². The number of aliphatic carboxylic acids is 2. The zero-order chi connectivity index (χ0) is 16.2. The number of nitrogens with one attached hydrogen (secondary N) is 2. The van der Waals surface area contributed by atoms with Gasteiger partial charge in [0, 0.05) is 0 Å². The summed E-state index contributed by atoms with van der Waals surface area (Å²) in [6.07, 6.45) is -0.752. The fraction of sp³-hybridized carbons (Fsp3) is 0.250. The second kappa shape index (κ2) is 7.14. The average molecular weight is 335 g/mol. The topological polar surface area (TPSA) is 116 Å². The van der Waals surface area contributed by atoms with Crippen LogP contribution in [-0.4, -0.2) is 34.2 Å². The third kappa shape index (κ3) is 4.80. The number of benzene rings is 1. The van der Waals surface area contributed by atoms with Gasteiger partial charge in [0.15, 0.2) is 0 Å². The molecule has 0 aliphatic carbocycles. The van der Waals surface area contributed by atoms with E-state index in [1.54, 1.807) is 13.0 Å². The van der Waals surface area contributed by atoms with Crippen LogP contribution in [0.2, 0.25) is 10.0 Å². The lowest BCUT2D eigenvalue weighted by atomic mass is 10.2. The molecule has 2 amide bonds. The minimum atomic E-state index is -1.56. The van der Waals surface area contributed by atoms with Gasteiger partial charge in [-0.15, -0.1) is 0 Å². The van der Waals surface area contributed by atoms with Gasteiger partial charge in [-0.1, -0.05) is 29.3 Å². The van der Waals surface area contributed by atoms with Crippen LogP contribution in [0.5, 0.6) is 0 Å². The zero-order valence-electron chi connectivity index (χ0n) is 10.8. The normalized spacial score (nSPS) is 11.6. The SMILES string of the molecule is Cc1ccc(Cl)c(NC(=O)NC(CC(=O)O)C(=O)O)c1Cl. The smallest absolute Gasteiger partial charge is 0.326 e. The van der Waals surface area contributed by atoms with Gasteiger partial charge in [-0.3, -0.25) is 4.79 Å². The molecule has 0 aromatic heterocycles. The van der Waals surface area contributed by atoms with Gasteiger partial charge in [-0.2, -0.15) is 0 Å². The number of halogens is 2. The highest BCUT2D eigenvalue weighted by Gasteiger charge is 2.23. The van der Waals surface area contributed by atoms with Gasteiger partial charge in [-0.05, 0) is 18.6 Å². The molecule has 0 fully saturated rings. The van der Waals surface area contributed by atoms with Gasteiger partial charge in [0.2, 0.25) is 0 Å². The van der Waals surface area contributed by atoms with Crippen molar-refractivity contribution in [1.29, 1.82) is 0 Å². The van der Waals surface area contributed by atoms with E-state index in [4.69, 9.17) is 33.4 Å². The number of rotatable bonds is 5. The molecule has 0 spiro atoms. The molecule has 1 aromatic rings. The Kier molecular flexibility index (Phi) is 5.80. The minimum Gasteiger partial charge on any atom is -0.481 e. The predicted molar refractivity (Wildman–Crippen MR) is 77.0 cm³/mol. The van der Waals surface area contributed by atoms with Crippen molar-refractivity contribution in [3.8, 4) is 0 Å². The number of amides is 2. The van der Waals surface area contributed by atoms with Crippen molar-refractivity contribution in [2.45, 2.75) is 19.4 Å². The van der Waals surface area contributed by atoms with Gasteiger partial charge in [0.1, 0.15) is 6.04 Å². The zero-order valence-corrected chi connectivity index (χ0v) is 12.3. The number of carbonyl (C=O) groups excluding carboxylic acids is 1. The molecule has 21 heavy (non-hydrogen) atoms. The molecule has 0 aliphatic heterocycles. The Morgan fingerprint density at radius 1 is 1.24 bits per heavy atom. The molecule has 1 aromatic carbocycles. The van der Waals surface area contributed by atoms with Crippen molar-refractivity contribution < 1.29 is 24.6 Å². The Hall–Kier alpha value is -1.99. The van der Waals surface area contributed by atoms with Crippen LogP contribution in [0.1, 0.15) is 12.0 Å². The van der Waals surface area contributed by atoms with Crippen LogP contribution in [0.15, 0.2) is 12.1 Å². The molecule has 0 aliphatic rings. The first-order valence-corrected chi connectivity index (χ1v) is 6.44. The number of hydrogen-bond donors (Lipinski definition) is 4. The molecule has 0 saturated carbocycles. The number of carboxylic acid groups (broad SMARTS) is 2. The van der Waals surface area contributed by atoms with Crippen LogP contribution in [0.4, 0.5) is 10.5 Å². The maximum atomic E-state index is 11.7. The summed E-state index contributed by atoms with van der Waals surface area (Å²) in [7, 11) is 0. The minimum absolute atomic E-state index is 0.121. The standard InChI is InChI=1S/C12H12Cl2N2O5/c1-5-2-3-6(13)10(9(5)14)16-12(21)15-7(11(19)20)4-8(17)18/h2-3,7H,4H2,1H3,(H,17,18)(H,19,20)(H2,15,16,21). The number of carboxylic acids is 2. The van der Waals surface area contributed by atoms with Crippen molar-refractivity contribution >= 4 is 46.9 Å². The summed E-state index contributed by atoms with van der Waals surface area (Å²) in [6, 6.07) is 0.686. The predicted octanol–water partition coefficient (Wildman–Crippen LogP) is 2.35. The maximum Gasteiger partial charge on any atom is 0.326 e. The van der Waals surface area contributed by atoms with Crippen molar-refractivity contribution in [3.05, 3.63) is 27.7 Å². The molecular weight excluding hydrogens is 323 g/mol. The number of anilines is 1. The molecule has 1 rings (SSSR count). The molecule has 9 heteroatoms. The van der Waals surface area contributed by atoms with Crippen LogP contribution in [0.3, 0.4) is 0 Å². The van der Waals surface area contributed by atoms with Crippen LogP contribution >= 0.6 is 23.2 Å². The van der Waals surface area contributed by atoms with Gasteiger partial charge >= 0.3 is 18.0 Å². The molecule has 114 valence electrons. The first-order chi connectivity index (χ1) is 9.72. The number of carbonyl (C=O) groups is 3. The van der Waals surface area contributed by atoms with Gasteiger partial charge in [0.25, 0.3) is 0 Å². The van der Waals surface area contributed by atoms with E-state index < -0.39 is 30.4 Å². The second-order valence-electron chi connectivity index (χ2n) is 4.14. The molecular formula is C12H12Cl2N2O5. The Morgan fingerprint density at radius 2 is 1.86 bits per heavy atom. The Bertz CT molecular complexity index is 591. The summed E-state index contributed by atoms with van der Waals surface area (Å²) >= 11 is 11.9. The summed E-state index contributed by atoms with van der Waals surface area (Å²) < 4.78 is 0. The van der Waals surface area contributed by atoms with Crippen molar-refractivity contribution in [1.82, 2.24) is 5.32 Å². The molecule has 0 heterocycles. The molecule has 0 bridgehead atoms. The largest absolute Gasteiger partial charge is 0.481 e. The lowest BCUT2D eigenvalue weighted by molar-refractivity contribution is -0.145. The Morgan fingerprint density at radius 3 is 2.38 bits per heavy atom. The first-order valence-electron chi connectivity index (χ1n) is 5.69. The quantitative estimate of drug-likeness (QED) is 0.659. The summed E-state index contributed by atoms with van der Waals surface area (Å²) in [5.41, 5.74) is 0.784. The van der Waals surface area contributed by atoms with E-state index in [2.05, 4.69) is 5.32 Å². The fourth-order valence-electron chi connectivity index (χ4n) is 1.45. The molecule has 7 nitrogen and oxygen atoms in total. The highest BCUT2D eigenvalue weighted by atomic mass is 35.5. The van der Waals surface area contributed by atoms with Gasteiger partial charge in [-0.25, -0.2) is 9.59 Å². The first kappa shape index (κ1) is 17.1. The highest BCUT2D eigenvalue weighted by molar-refractivity contribution is 6.40. The van der Waals surface area contributed by atoms with Crippen LogP contribution in [-0.2, 0) is 9.59 Å². The number of aryl methyl sites for hydroxylation is 1. The van der Waals surface area contributed by atoms with E-state index in [1.165, 1.54) is 6.07 Å². The van der Waals surface area contributed by atoms with Gasteiger partial charge < -0.3 is 20.8 Å². The highest BCUT2D eigenvalue weighted by Crippen LogP contribution is 2.32. The second-order valence-corrected chi connectivity index (χ2v) is 4.93. The summed E-state index contributed by atoms with van der Waals surface area (Å²) in [5.74, 6) is -2.82. The third-order valence-electron chi connectivity index (χ3n) is 2.50. The number of hydrogen-bond acceptors (Lipinski definition) is 3. The molecule has 0 saturated heterocycles. The van der Waals surface area contributed by atoms with Crippen molar-refractivity contribution in [3.63, 3.8) is 0 Å². The van der Waals surface area contributed by atoms with Crippen molar-refractivity contribution in [2.24, 2.45) is 0 Å². The van der Waals surface area contributed by atoms with E-state index in [0.717, 1.165) is 0 Å². The monoisotopic (exact) mass is 334 g/mol. The van der Waals surface area contributed by atoms with Gasteiger partial charge in [0.05, 0.1) is 22.2 Å². The van der Waals surface area contributed by atoms with E-state index in [-0.39, 0.29) is 15.7 Å².